The maximum atomic E-state index is 12.5. The van der Waals surface area contributed by atoms with Crippen LogP contribution in [0, 0.1) is 18.8 Å². The topological polar surface area (TPSA) is 85.9 Å². The van der Waals surface area contributed by atoms with Crippen LogP contribution in [0.4, 0.5) is 10.5 Å². The summed E-state index contributed by atoms with van der Waals surface area (Å²) in [5.41, 5.74) is 1.95. The summed E-state index contributed by atoms with van der Waals surface area (Å²) < 4.78 is 5.83. The minimum Gasteiger partial charge on any atom is -0.374 e. The predicted octanol–water partition coefficient (Wildman–Crippen LogP) is 2.30. The molecule has 2 unspecified atom stereocenters. The van der Waals surface area contributed by atoms with E-state index in [0.29, 0.717) is 31.5 Å². The van der Waals surface area contributed by atoms with Gasteiger partial charge in [0.15, 0.2) is 0 Å². The quantitative estimate of drug-likeness (QED) is 0.528. The zero-order valence-corrected chi connectivity index (χ0v) is 20.4. The molecule has 0 aliphatic carbocycles. The maximum absolute atomic E-state index is 12.5. The molecule has 0 bridgehead atoms. The van der Waals surface area contributed by atoms with Crippen molar-refractivity contribution < 1.29 is 14.3 Å². The van der Waals surface area contributed by atoms with Crippen molar-refractivity contribution in [3.63, 3.8) is 0 Å². The lowest BCUT2D eigenvalue weighted by Crippen LogP contribution is -2.50. The number of morpholine rings is 1. The molecule has 2 heterocycles. The van der Waals surface area contributed by atoms with Crippen molar-refractivity contribution in [2.45, 2.75) is 39.7 Å². The van der Waals surface area contributed by atoms with Crippen molar-refractivity contribution >= 4 is 17.6 Å². The lowest BCUT2D eigenvalue weighted by molar-refractivity contribution is -0.123. The Morgan fingerprint density at radius 1 is 1.06 bits per heavy atom. The number of hydrogen-bond acceptors (Lipinski definition) is 5. The van der Waals surface area contributed by atoms with E-state index in [0.717, 1.165) is 63.4 Å². The third-order valence-electron chi connectivity index (χ3n) is 6.20. The lowest BCUT2D eigenvalue weighted by Gasteiger charge is -2.34. The molecule has 2 atom stereocenters. The van der Waals surface area contributed by atoms with Gasteiger partial charge in [0, 0.05) is 45.0 Å². The molecular formula is C25H41N5O3. The van der Waals surface area contributed by atoms with Gasteiger partial charge >= 0.3 is 6.03 Å². The van der Waals surface area contributed by atoms with Gasteiger partial charge in [-0.2, -0.15) is 0 Å². The highest BCUT2D eigenvalue weighted by Gasteiger charge is 2.24. The monoisotopic (exact) mass is 459 g/mol. The van der Waals surface area contributed by atoms with E-state index in [2.05, 4.69) is 39.6 Å². The molecule has 2 saturated heterocycles. The Bertz CT molecular complexity index is 755. The van der Waals surface area contributed by atoms with Crippen LogP contribution in [0.2, 0.25) is 0 Å². The number of ether oxygens (including phenoxy) is 1. The number of urea groups is 1. The van der Waals surface area contributed by atoms with Crippen LogP contribution in [0.3, 0.4) is 0 Å². The Labute approximate surface area is 198 Å². The second-order valence-corrected chi connectivity index (χ2v) is 9.89. The summed E-state index contributed by atoms with van der Waals surface area (Å²) in [5, 5.41) is 8.90. The van der Waals surface area contributed by atoms with E-state index in [4.69, 9.17) is 4.74 Å². The number of benzene rings is 1. The summed E-state index contributed by atoms with van der Waals surface area (Å²) in [6, 6.07) is 7.56. The molecule has 2 aliphatic rings. The first-order chi connectivity index (χ1) is 15.9. The first kappa shape index (κ1) is 25.5. The fraction of sp³-hybridized carbons (Fsp3) is 0.680. The number of piperidine rings is 1. The summed E-state index contributed by atoms with van der Waals surface area (Å²) in [6.45, 7) is 13.4. The van der Waals surface area contributed by atoms with E-state index in [1.165, 1.54) is 0 Å². The molecule has 8 nitrogen and oxygen atoms in total. The number of anilines is 1. The average Bonchev–Trinajstić information content (AvgIpc) is 2.78. The Morgan fingerprint density at radius 3 is 2.61 bits per heavy atom. The standard InChI is InChI=1S/C25H41N5O3/c1-19(2)15-30-11-12-33-23(17-30)14-26-24(31)18-29-10-4-5-21(16-29)13-27-25(32)28-22-8-6-20(3)7-9-22/h6-9,19,21,23H,4-5,10-18H2,1-3H3,(H,26,31)(H2,27,28,32). The van der Waals surface area contributed by atoms with Gasteiger partial charge < -0.3 is 20.7 Å². The smallest absolute Gasteiger partial charge is 0.319 e. The molecule has 0 saturated carbocycles. The van der Waals surface area contributed by atoms with Crippen LogP contribution in [0.5, 0.6) is 0 Å². The molecule has 2 aliphatic heterocycles. The molecule has 1 aromatic rings. The van der Waals surface area contributed by atoms with Crippen molar-refractivity contribution in [2.24, 2.45) is 11.8 Å². The highest BCUT2D eigenvalue weighted by Crippen LogP contribution is 2.16. The van der Waals surface area contributed by atoms with E-state index < -0.39 is 0 Å². The Kier molecular flexibility index (Phi) is 9.96. The Hall–Kier alpha value is -2.16. The molecule has 3 N–H and O–H groups in total. The van der Waals surface area contributed by atoms with Gasteiger partial charge in [-0.1, -0.05) is 31.5 Å². The van der Waals surface area contributed by atoms with Gasteiger partial charge in [0.05, 0.1) is 19.3 Å². The summed E-state index contributed by atoms with van der Waals surface area (Å²) in [4.78, 5) is 29.3. The minimum atomic E-state index is -0.187. The third-order valence-corrected chi connectivity index (χ3v) is 6.20. The number of nitrogens with one attached hydrogen (secondary N) is 3. The molecule has 0 spiro atoms. The number of carbonyl (C=O) groups excluding carboxylic acids is 2. The lowest BCUT2D eigenvalue weighted by atomic mass is 9.98. The number of carbonyl (C=O) groups is 2. The number of amides is 3. The highest BCUT2D eigenvalue weighted by molar-refractivity contribution is 5.89. The summed E-state index contributed by atoms with van der Waals surface area (Å²) in [6.07, 6.45) is 2.16. The normalized spacial score (nSPS) is 22.2. The number of likely N-dealkylation sites (tertiary alicyclic amines) is 1. The summed E-state index contributed by atoms with van der Waals surface area (Å²) in [5.74, 6) is 1.03. The Morgan fingerprint density at radius 2 is 1.85 bits per heavy atom. The molecule has 1 aromatic carbocycles. The van der Waals surface area contributed by atoms with Crippen LogP contribution in [0.1, 0.15) is 32.3 Å². The molecular weight excluding hydrogens is 418 g/mol. The minimum absolute atomic E-state index is 0.0466. The molecule has 8 heteroatoms. The van der Waals surface area contributed by atoms with Gasteiger partial charge in [0.25, 0.3) is 0 Å². The van der Waals surface area contributed by atoms with Crippen LogP contribution >= 0.6 is 0 Å². The second kappa shape index (κ2) is 12.9. The fourth-order valence-corrected chi connectivity index (χ4v) is 4.58. The van der Waals surface area contributed by atoms with Gasteiger partial charge in [-0.3, -0.25) is 14.6 Å². The van der Waals surface area contributed by atoms with Crippen LogP contribution < -0.4 is 16.0 Å². The van der Waals surface area contributed by atoms with E-state index in [-0.39, 0.29) is 18.0 Å². The van der Waals surface area contributed by atoms with Gasteiger partial charge in [-0.05, 0) is 50.3 Å². The predicted molar refractivity (Wildman–Crippen MR) is 131 cm³/mol. The molecule has 0 aromatic heterocycles. The molecule has 3 rings (SSSR count). The van der Waals surface area contributed by atoms with Gasteiger partial charge in [0.2, 0.25) is 5.91 Å². The van der Waals surface area contributed by atoms with E-state index in [9.17, 15) is 9.59 Å². The number of rotatable bonds is 9. The van der Waals surface area contributed by atoms with E-state index in [1.54, 1.807) is 0 Å². The molecule has 2 fully saturated rings. The number of nitrogens with zero attached hydrogens (tertiary/aromatic N) is 2. The first-order valence-electron chi connectivity index (χ1n) is 12.3. The number of aryl methyl sites for hydroxylation is 1. The van der Waals surface area contributed by atoms with Crippen LogP contribution in [0.25, 0.3) is 0 Å². The van der Waals surface area contributed by atoms with Crippen molar-refractivity contribution in [1.82, 2.24) is 20.4 Å². The molecule has 33 heavy (non-hydrogen) atoms. The Balaban J connectivity index is 1.33. The SMILES string of the molecule is Cc1ccc(NC(=O)NCC2CCCN(CC(=O)NCC3CN(CC(C)C)CCO3)C2)cc1. The molecule has 184 valence electrons. The summed E-state index contributed by atoms with van der Waals surface area (Å²) >= 11 is 0. The van der Waals surface area contributed by atoms with Crippen molar-refractivity contribution in [3.8, 4) is 0 Å². The van der Waals surface area contributed by atoms with E-state index >= 15 is 0 Å². The summed E-state index contributed by atoms with van der Waals surface area (Å²) in [7, 11) is 0. The van der Waals surface area contributed by atoms with Crippen molar-refractivity contribution in [3.05, 3.63) is 29.8 Å². The van der Waals surface area contributed by atoms with Crippen molar-refractivity contribution in [2.75, 3.05) is 64.3 Å². The largest absolute Gasteiger partial charge is 0.374 e. The highest BCUT2D eigenvalue weighted by atomic mass is 16.5. The third kappa shape index (κ3) is 9.31. The van der Waals surface area contributed by atoms with Crippen molar-refractivity contribution in [1.29, 1.82) is 0 Å². The fourth-order valence-electron chi connectivity index (χ4n) is 4.58. The zero-order chi connectivity index (χ0) is 23.6. The van der Waals surface area contributed by atoms with Gasteiger partial charge in [0.1, 0.15) is 0 Å². The number of hydrogen-bond donors (Lipinski definition) is 3. The van der Waals surface area contributed by atoms with Crippen LogP contribution in [0.15, 0.2) is 24.3 Å². The van der Waals surface area contributed by atoms with Gasteiger partial charge in [-0.25, -0.2) is 4.79 Å². The van der Waals surface area contributed by atoms with E-state index in [1.807, 2.05) is 31.2 Å². The maximum Gasteiger partial charge on any atom is 0.319 e. The van der Waals surface area contributed by atoms with Gasteiger partial charge in [-0.15, -0.1) is 0 Å². The first-order valence-corrected chi connectivity index (χ1v) is 12.3. The molecule has 0 radical (unpaired) electrons. The van der Waals surface area contributed by atoms with Crippen LogP contribution in [-0.4, -0.2) is 86.8 Å². The zero-order valence-electron chi connectivity index (χ0n) is 20.4. The second-order valence-electron chi connectivity index (χ2n) is 9.89. The van der Waals surface area contributed by atoms with Crippen LogP contribution in [-0.2, 0) is 9.53 Å². The molecule has 3 amide bonds. The average molecular weight is 460 g/mol.